The van der Waals surface area contributed by atoms with Crippen molar-refractivity contribution in [3.05, 3.63) is 80.2 Å². The summed E-state index contributed by atoms with van der Waals surface area (Å²) in [5, 5.41) is 5.95. The predicted molar refractivity (Wildman–Crippen MR) is 127 cm³/mol. The molecular formula is C24H23N5O2S. The molecule has 0 fully saturated rings. The molecule has 0 atom stereocenters. The SMILES string of the molecule is O=c1[nH]c2sc3c(c2c(=O)n1-c1ccc2c(ccn2CCn2cccn2)c1)CCCCC3. The molecule has 162 valence electrons. The molecule has 0 unspecified atom stereocenters. The molecule has 0 radical (unpaired) electrons. The molecule has 8 heteroatoms. The average Bonchev–Trinajstić information content (AvgIpc) is 3.48. The zero-order valence-corrected chi connectivity index (χ0v) is 18.4. The molecule has 1 aliphatic rings. The summed E-state index contributed by atoms with van der Waals surface area (Å²) in [6.45, 7) is 1.57. The minimum Gasteiger partial charge on any atom is -0.346 e. The second-order valence-electron chi connectivity index (χ2n) is 8.36. The Kier molecular flexibility index (Phi) is 4.61. The highest BCUT2D eigenvalue weighted by atomic mass is 32.1. The Morgan fingerprint density at radius 3 is 2.81 bits per heavy atom. The van der Waals surface area contributed by atoms with E-state index in [9.17, 15) is 9.59 Å². The fraction of sp³-hybridized carbons (Fsp3) is 0.292. The number of hydrogen-bond donors (Lipinski definition) is 1. The smallest absolute Gasteiger partial charge is 0.334 e. The summed E-state index contributed by atoms with van der Waals surface area (Å²) in [6.07, 6.45) is 11.1. The number of aryl methyl sites for hydroxylation is 4. The molecule has 32 heavy (non-hydrogen) atoms. The summed E-state index contributed by atoms with van der Waals surface area (Å²) in [5.41, 5.74) is 2.22. The first-order chi connectivity index (χ1) is 15.7. The molecule has 0 saturated carbocycles. The van der Waals surface area contributed by atoms with Gasteiger partial charge in [-0.3, -0.25) is 14.5 Å². The fourth-order valence-electron chi connectivity index (χ4n) is 4.81. The number of H-pyrrole nitrogens is 1. The monoisotopic (exact) mass is 445 g/mol. The third-order valence-electron chi connectivity index (χ3n) is 6.40. The third-order valence-corrected chi connectivity index (χ3v) is 7.61. The first-order valence-electron chi connectivity index (χ1n) is 11.1. The van der Waals surface area contributed by atoms with Crippen LogP contribution < -0.4 is 11.2 Å². The van der Waals surface area contributed by atoms with E-state index in [1.807, 2.05) is 47.4 Å². The van der Waals surface area contributed by atoms with Gasteiger partial charge in [-0.1, -0.05) is 6.42 Å². The highest BCUT2D eigenvalue weighted by molar-refractivity contribution is 7.18. The molecule has 1 aliphatic carbocycles. The molecule has 5 aromatic rings. The number of hydrogen-bond acceptors (Lipinski definition) is 4. The Labute approximate surface area is 187 Å². The average molecular weight is 446 g/mol. The zero-order chi connectivity index (χ0) is 21.7. The Bertz CT molecular complexity index is 1550. The molecule has 0 amide bonds. The Hall–Kier alpha value is -3.39. The Balaban J connectivity index is 1.43. The minimum absolute atomic E-state index is 0.208. The molecule has 0 saturated heterocycles. The maximum absolute atomic E-state index is 13.5. The van der Waals surface area contributed by atoms with E-state index in [2.05, 4.69) is 14.6 Å². The number of aromatic amines is 1. The van der Waals surface area contributed by atoms with E-state index < -0.39 is 0 Å². The first-order valence-corrected chi connectivity index (χ1v) is 11.9. The van der Waals surface area contributed by atoms with Crippen LogP contribution in [0, 0.1) is 0 Å². The van der Waals surface area contributed by atoms with E-state index in [4.69, 9.17) is 0 Å². The maximum atomic E-state index is 13.5. The summed E-state index contributed by atoms with van der Waals surface area (Å²) >= 11 is 1.58. The van der Waals surface area contributed by atoms with Crippen LogP contribution in [0.15, 0.2) is 58.5 Å². The molecule has 7 nitrogen and oxygen atoms in total. The lowest BCUT2D eigenvalue weighted by Gasteiger charge is -2.08. The number of nitrogens with one attached hydrogen (secondary N) is 1. The molecule has 4 heterocycles. The normalized spacial score (nSPS) is 14.1. The van der Waals surface area contributed by atoms with E-state index in [-0.39, 0.29) is 11.2 Å². The number of rotatable bonds is 4. The second kappa shape index (κ2) is 7.63. The van der Waals surface area contributed by atoms with Crippen LogP contribution in [0.5, 0.6) is 0 Å². The molecule has 1 N–H and O–H groups in total. The molecular weight excluding hydrogens is 422 g/mol. The highest BCUT2D eigenvalue weighted by Crippen LogP contribution is 2.32. The second-order valence-corrected chi connectivity index (χ2v) is 9.47. The summed E-state index contributed by atoms with van der Waals surface area (Å²) in [7, 11) is 0. The van der Waals surface area contributed by atoms with Crippen molar-refractivity contribution >= 4 is 32.5 Å². The highest BCUT2D eigenvalue weighted by Gasteiger charge is 2.20. The summed E-state index contributed by atoms with van der Waals surface area (Å²) in [5.74, 6) is 0. The lowest BCUT2D eigenvalue weighted by Crippen LogP contribution is -2.33. The quantitative estimate of drug-likeness (QED) is 0.427. The van der Waals surface area contributed by atoms with Crippen molar-refractivity contribution in [3.63, 3.8) is 0 Å². The van der Waals surface area contributed by atoms with Crippen molar-refractivity contribution in [2.45, 2.75) is 45.2 Å². The first kappa shape index (κ1) is 19.3. The molecule has 6 rings (SSSR count). The van der Waals surface area contributed by atoms with Gasteiger partial charge >= 0.3 is 5.69 Å². The molecule has 4 aromatic heterocycles. The molecule has 1 aromatic carbocycles. The van der Waals surface area contributed by atoms with E-state index in [1.165, 1.54) is 15.9 Å². The van der Waals surface area contributed by atoms with Crippen molar-refractivity contribution in [1.29, 1.82) is 0 Å². The number of aromatic nitrogens is 5. The van der Waals surface area contributed by atoms with Gasteiger partial charge in [0.1, 0.15) is 4.83 Å². The lowest BCUT2D eigenvalue weighted by molar-refractivity contribution is 0.543. The van der Waals surface area contributed by atoms with Gasteiger partial charge in [0.25, 0.3) is 5.56 Å². The van der Waals surface area contributed by atoms with Crippen molar-refractivity contribution < 1.29 is 0 Å². The molecule has 0 spiro atoms. The van der Waals surface area contributed by atoms with Gasteiger partial charge < -0.3 is 4.57 Å². The van der Waals surface area contributed by atoms with Gasteiger partial charge in [-0.15, -0.1) is 11.3 Å². The van der Waals surface area contributed by atoms with Crippen molar-refractivity contribution in [3.8, 4) is 5.69 Å². The topological polar surface area (TPSA) is 77.6 Å². The Morgan fingerprint density at radius 2 is 1.94 bits per heavy atom. The van der Waals surface area contributed by atoms with Gasteiger partial charge in [-0.25, -0.2) is 9.36 Å². The minimum atomic E-state index is -0.378. The molecule has 0 aliphatic heterocycles. The van der Waals surface area contributed by atoms with E-state index in [1.54, 1.807) is 17.5 Å². The van der Waals surface area contributed by atoms with Gasteiger partial charge in [-0.2, -0.15) is 5.10 Å². The van der Waals surface area contributed by atoms with Crippen LogP contribution in [0.25, 0.3) is 26.8 Å². The van der Waals surface area contributed by atoms with Crippen molar-refractivity contribution in [2.24, 2.45) is 0 Å². The summed E-state index contributed by atoms with van der Waals surface area (Å²) in [4.78, 5) is 31.4. The van der Waals surface area contributed by atoms with Crippen LogP contribution in [-0.2, 0) is 25.9 Å². The van der Waals surface area contributed by atoms with Gasteiger partial charge in [0.05, 0.1) is 17.6 Å². The van der Waals surface area contributed by atoms with E-state index >= 15 is 0 Å². The van der Waals surface area contributed by atoms with Gasteiger partial charge in [0.15, 0.2) is 0 Å². The van der Waals surface area contributed by atoms with Gasteiger partial charge in [-0.05, 0) is 61.6 Å². The van der Waals surface area contributed by atoms with Crippen LogP contribution in [0.3, 0.4) is 0 Å². The van der Waals surface area contributed by atoms with E-state index in [0.29, 0.717) is 15.9 Å². The number of nitrogens with zero attached hydrogens (tertiary/aromatic N) is 4. The van der Waals surface area contributed by atoms with Crippen molar-refractivity contribution in [1.82, 2.24) is 23.9 Å². The number of thiophene rings is 1. The standard InChI is InChI=1S/C24H23N5O2S/c30-23-21-18-5-2-1-3-6-20(18)32-22(21)26-24(31)29(23)17-7-8-19-16(15-17)9-12-27(19)13-14-28-11-4-10-25-28/h4,7-12,15H,1-3,5-6,13-14H2,(H,26,31). The summed E-state index contributed by atoms with van der Waals surface area (Å²) < 4.78 is 5.36. The van der Waals surface area contributed by atoms with Crippen LogP contribution in [0.2, 0.25) is 0 Å². The van der Waals surface area contributed by atoms with Crippen LogP contribution >= 0.6 is 11.3 Å². The largest absolute Gasteiger partial charge is 0.346 e. The number of fused-ring (bicyclic) bond motifs is 4. The lowest BCUT2D eigenvalue weighted by atomic mass is 10.1. The summed E-state index contributed by atoms with van der Waals surface area (Å²) in [6, 6.07) is 9.71. The van der Waals surface area contributed by atoms with Crippen LogP contribution in [-0.4, -0.2) is 23.9 Å². The third kappa shape index (κ3) is 3.14. The fourth-order valence-corrected chi connectivity index (χ4v) is 6.08. The van der Waals surface area contributed by atoms with E-state index in [0.717, 1.165) is 55.2 Å². The van der Waals surface area contributed by atoms with Crippen LogP contribution in [0.4, 0.5) is 0 Å². The number of benzene rings is 1. The van der Waals surface area contributed by atoms with Crippen molar-refractivity contribution in [2.75, 3.05) is 0 Å². The van der Waals surface area contributed by atoms with Gasteiger partial charge in [0.2, 0.25) is 0 Å². The maximum Gasteiger partial charge on any atom is 0.334 e. The van der Waals surface area contributed by atoms with Crippen LogP contribution in [0.1, 0.15) is 29.7 Å². The zero-order valence-electron chi connectivity index (χ0n) is 17.6. The molecule has 0 bridgehead atoms. The predicted octanol–water partition coefficient (Wildman–Crippen LogP) is 3.86. The van der Waals surface area contributed by atoms with Gasteiger partial charge in [0, 0.05) is 40.9 Å². The Morgan fingerprint density at radius 1 is 1.03 bits per heavy atom.